The summed E-state index contributed by atoms with van der Waals surface area (Å²) < 4.78 is 23.8. The highest BCUT2D eigenvalue weighted by Gasteiger charge is 2.53. The molecule has 4 atom stereocenters. The highest BCUT2D eigenvalue weighted by Crippen LogP contribution is 2.38. The SMILES string of the molecule is CC(=O)OC1C(OC(C)=O)[C@@H](CO[Si](c2ccccc2)(c2ccccc2)C(C)(C)C)O[C@H]1CO. The maximum Gasteiger partial charge on any atom is 0.303 e. The van der Waals surface area contributed by atoms with Crippen molar-refractivity contribution in [2.24, 2.45) is 0 Å². The molecule has 1 saturated heterocycles. The van der Waals surface area contributed by atoms with Crippen molar-refractivity contribution in [3.63, 3.8) is 0 Å². The van der Waals surface area contributed by atoms with Crippen LogP contribution >= 0.6 is 0 Å². The first-order chi connectivity index (χ1) is 16.1. The maximum atomic E-state index is 11.9. The molecule has 8 heteroatoms. The van der Waals surface area contributed by atoms with Crippen LogP contribution in [0.25, 0.3) is 0 Å². The van der Waals surface area contributed by atoms with E-state index >= 15 is 0 Å². The fourth-order valence-corrected chi connectivity index (χ4v) is 9.29. The summed E-state index contributed by atoms with van der Waals surface area (Å²) >= 11 is 0. The van der Waals surface area contributed by atoms with Gasteiger partial charge >= 0.3 is 11.9 Å². The van der Waals surface area contributed by atoms with E-state index in [1.54, 1.807) is 0 Å². The Kier molecular flexibility index (Phi) is 8.30. The average molecular weight is 487 g/mol. The van der Waals surface area contributed by atoms with Gasteiger partial charge in [0.15, 0.2) is 12.2 Å². The molecule has 0 spiro atoms. The number of benzene rings is 2. The van der Waals surface area contributed by atoms with Gasteiger partial charge in [0.2, 0.25) is 0 Å². The number of aliphatic hydroxyl groups is 1. The van der Waals surface area contributed by atoms with E-state index in [4.69, 9.17) is 18.6 Å². The van der Waals surface area contributed by atoms with Gasteiger partial charge in [-0.2, -0.15) is 0 Å². The molecule has 2 unspecified atom stereocenters. The fraction of sp³-hybridized carbons (Fsp3) is 0.462. The molecule has 1 aliphatic heterocycles. The van der Waals surface area contributed by atoms with Crippen LogP contribution in [-0.2, 0) is 28.2 Å². The van der Waals surface area contributed by atoms with E-state index in [-0.39, 0.29) is 18.3 Å². The fourth-order valence-electron chi connectivity index (χ4n) is 4.72. The molecule has 0 saturated carbocycles. The molecular weight excluding hydrogens is 452 g/mol. The van der Waals surface area contributed by atoms with Gasteiger partial charge in [-0.1, -0.05) is 81.4 Å². The molecule has 2 aromatic carbocycles. The number of hydrogen-bond acceptors (Lipinski definition) is 7. The van der Waals surface area contributed by atoms with Crippen molar-refractivity contribution in [1.82, 2.24) is 0 Å². The third-order valence-corrected chi connectivity index (χ3v) is 11.1. The molecule has 34 heavy (non-hydrogen) atoms. The van der Waals surface area contributed by atoms with Crippen LogP contribution < -0.4 is 10.4 Å². The van der Waals surface area contributed by atoms with Crippen LogP contribution in [0.2, 0.25) is 5.04 Å². The van der Waals surface area contributed by atoms with E-state index in [2.05, 4.69) is 45.0 Å². The smallest absolute Gasteiger partial charge is 0.303 e. The largest absolute Gasteiger partial charge is 0.456 e. The number of carbonyl (C=O) groups excluding carboxylic acids is 2. The number of rotatable bonds is 8. The van der Waals surface area contributed by atoms with Crippen molar-refractivity contribution in [3.05, 3.63) is 60.7 Å². The third-order valence-electron chi connectivity index (χ3n) is 6.07. The zero-order valence-corrected chi connectivity index (χ0v) is 21.4. The first-order valence-corrected chi connectivity index (χ1v) is 13.4. The van der Waals surface area contributed by atoms with Gasteiger partial charge in [-0.25, -0.2) is 0 Å². The Bertz CT molecular complexity index is 919. The Morgan fingerprint density at radius 2 is 1.29 bits per heavy atom. The Balaban J connectivity index is 2.01. The molecule has 0 bridgehead atoms. The minimum atomic E-state index is -2.86. The monoisotopic (exact) mass is 486 g/mol. The van der Waals surface area contributed by atoms with Crippen molar-refractivity contribution >= 4 is 30.6 Å². The minimum Gasteiger partial charge on any atom is -0.456 e. The Hall–Kier alpha value is -2.52. The number of carbonyl (C=O) groups is 2. The number of hydrogen-bond donors (Lipinski definition) is 1. The number of ether oxygens (including phenoxy) is 3. The van der Waals surface area contributed by atoms with Crippen molar-refractivity contribution in [3.8, 4) is 0 Å². The van der Waals surface area contributed by atoms with Crippen molar-refractivity contribution < 1.29 is 33.3 Å². The molecule has 2 aromatic rings. The van der Waals surface area contributed by atoms with E-state index < -0.39 is 44.7 Å². The summed E-state index contributed by atoms with van der Waals surface area (Å²) in [5.74, 6) is -1.07. The predicted octanol–water partition coefficient (Wildman–Crippen LogP) is 2.19. The highest BCUT2D eigenvalue weighted by atomic mass is 28.4. The molecule has 0 aliphatic carbocycles. The van der Waals surface area contributed by atoms with Crippen molar-refractivity contribution in [1.29, 1.82) is 0 Å². The van der Waals surface area contributed by atoms with Gasteiger partial charge in [-0.15, -0.1) is 0 Å². The van der Waals surface area contributed by atoms with Crippen LogP contribution in [-0.4, -0.2) is 63.0 Å². The van der Waals surface area contributed by atoms with Gasteiger partial charge in [-0.3, -0.25) is 9.59 Å². The van der Waals surface area contributed by atoms with E-state index in [1.165, 1.54) is 13.8 Å². The molecule has 1 N–H and O–H groups in total. The standard InChI is InChI=1S/C26H34O7Si/c1-18(28)31-24-22(16-27)33-23(25(24)32-19(2)29)17-30-34(26(3,4)5,20-12-8-6-9-13-20)21-14-10-7-11-15-21/h6-15,22-25,27H,16-17H2,1-5H3/t22-,23+,24?,25?/m0/s1. The van der Waals surface area contributed by atoms with Gasteiger partial charge in [0.25, 0.3) is 8.32 Å². The lowest BCUT2D eigenvalue weighted by Gasteiger charge is -2.43. The molecule has 1 heterocycles. The molecule has 7 nitrogen and oxygen atoms in total. The van der Waals surface area contributed by atoms with Gasteiger partial charge in [0.1, 0.15) is 12.2 Å². The molecule has 1 aliphatic rings. The summed E-state index contributed by atoms with van der Waals surface area (Å²) in [5, 5.41) is 11.8. The Labute approximate surface area is 202 Å². The zero-order chi connectivity index (χ0) is 24.9. The first-order valence-electron chi connectivity index (χ1n) is 11.5. The Morgan fingerprint density at radius 1 is 0.853 bits per heavy atom. The molecule has 3 rings (SSSR count). The van der Waals surface area contributed by atoms with Crippen LogP contribution in [0.15, 0.2) is 60.7 Å². The number of esters is 2. The summed E-state index contributed by atoms with van der Waals surface area (Å²) in [6, 6.07) is 20.3. The summed E-state index contributed by atoms with van der Waals surface area (Å²) in [5.41, 5.74) is 0. The topological polar surface area (TPSA) is 91.3 Å². The second-order valence-corrected chi connectivity index (χ2v) is 13.8. The molecule has 1 fully saturated rings. The molecule has 0 radical (unpaired) electrons. The maximum absolute atomic E-state index is 11.9. The lowest BCUT2D eigenvalue weighted by molar-refractivity contribution is -0.164. The summed E-state index contributed by atoms with van der Waals surface area (Å²) in [4.78, 5) is 23.6. The van der Waals surface area contributed by atoms with Crippen LogP contribution in [0.5, 0.6) is 0 Å². The van der Waals surface area contributed by atoms with Crippen LogP contribution in [0.3, 0.4) is 0 Å². The Morgan fingerprint density at radius 3 is 1.68 bits per heavy atom. The lowest BCUT2D eigenvalue weighted by Crippen LogP contribution is -2.67. The molecule has 184 valence electrons. The minimum absolute atomic E-state index is 0.0967. The second-order valence-electron chi connectivity index (χ2n) is 9.52. The van der Waals surface area contributed by atoms with E-state index in [0.29, 0.717) is 0 Å². The molecule has 0 aromatic heterocycles. The zero-order valence-electron chi connectivity index (χ0n) is 20.4. The van der Waals surface area contributed by atoms with Gasteiger partial charge in [-0.05, 0) is 15.4 Å². The van der Waals surface area contributed by atoms with Crippen molar-refractivity contribution in [2.75, 3.05) is 13.2 Å². The van der Waals surface area contributed by atoms with Gasteiger partial charge < -0.3 is 23.7 Å². The third kappa shape index (κ3) is 5.41. The van der Waals surface area contributed by atoms with E-state index in [0.717, 1.165) is 10.4 Å². The molecular formula is C26H34O7Si. The van der Waals surface area contributed by atoms with Crippen molar-refractivity contribution in [2.45, 2.75) is 64.1 Å². The molecule has 0 amide bonds. The van der Waals surface area contributed by atoms with E-state index in [9.17, 15) is 14.7 Å². The second kappa shape index (κ2) is 10.8. The quantitative estimate of drug-likeness (QED) is 0.452. The van der Waals surface area contributed by atoms with Crippen LogP contribution in [0.4, 0.5) is 0 Å². The summed E-state index contributed by atoms with van der Waals surface area (Å²) in [6.45, 7) is 8.76. The van der Waals surface area contributed by atoms with Gasteiger partial charge in [0.05, 0.1) is 13.2 Å². The summed E-state index contributed by atoms with van der Waals surface area (Å²) in [7, 11) is -2.86. The summed E-state index contributed by atoms with van der Waals surface area (Å²) in [6.07, 6.45) is -3.34. The predicted molar refractivity (Wildman–Crippen MR) is 130 cm³/mol. The lowest BCUT2D eigenvalue weighted by atomic mass is 10.1. The van der Waals surface area contributed by atoms with Crippen LogP contribution in [0, 0.1) is 0 Å². The first kappa shape index (κ1) is 26.1. The van der Waals surface area contributed by atoms with Crippen LogP contribution in [0.1, 0.15) is 34.6 Å². The van der Waals surface area contributed by atoms with Gasteiger partial charge in [0, 0.05) is 13.8 Å². The van der Waals surface area contributed by atoms with E-state index in [1.807, 2.05) is 36.4 Å². The highest BCUT2D eigenvalue weighted by molar-refractivity contribution is 6.99. The average Bonchev–Trinajstić information content (AvgIpc) is 3.10. The number of aliphatic hydroxyl groups excluding tert-OH is 1. The normalized spacial score (nSPS) is 22.9.